The molecule has 0 radical (unpaired) electrons. The third-order valence-electron chi connectivity index (χ3n) is 12.2. The first-order valence-electron chi connectivity index (χ1n) is 20.1. The fourth-order valence-electron chi connectivity index (χ4n) is 9.27. The van der Waals surface area contributed by atoms with E-state index in [0.717, 1.165) is 28.7 Å². The molecule has 274 valence electrons. The van der Waals surface area contributed by atoms with Crippen LogP contribution in [0.25, 0.3) is 89.8 Å². The van der Waals surface area contributed by atoms with Crippen molar-refractivity contribution in [3.63, 3.8) is 0 Å². The van der Waals surface area contributed by atoms with Gasteiger partial charge in [0.1, 0.15) is 0 Å². The van der Waals surface area contributed by atoms with Crippen LogP contribution in [0.15, 0.2) is 188 Å². The minimum absolute atomic E-state index is 0.127. The first-order valence-corrected chi connectivity index (χ1v) is 20.1. The molecule has 0 fully saturated rings. The molecule has 0 amide bonds. The molecule has 58 heavy (non-hydrogen) atoms. The number of benzene rings is 8. The van der Waals surface area contributed by atoms with Gasteiger partial charge in [-0.3, -0.25) is 0 Å². The highest BCUT2D eigenvalue weighted by Crippen LogP contribution is 2.50. The summed E-state index contributed by atoms with van der Waals surface area (Å²) in [6.45, 7) is 4.62. The minimum atomic E-state index is -0.127. The minimum Gasteiger partial charge on any atom is -0.208 e. The molecule has 0 spiro atoms. The Morgan fingerprint density at radius 2 is 0.741 bits per heavy atom. The predicted molar refractivity (Wildman–Crippen MR) is 238 cm³/mol. The summed E-state index contributed by atoms with van der Waals surface area (Å²) in [5, 5.41) is 0. The number of nitrogens with zero attached hydrogens (tertiary/aromatic N) is 3. The Morgan fingerprint density at radius 1 is 0.310 bits per heavy atom. The fourth-order valence-corrected chi connectivity index (χ4v) is 9.27. The lowest BCUT2D eigenvalue weighted by Gasteiger charge is -2.21. The second kappa shape index (κ2) is 13.5. The van der Waals surface area contributed by atoms with Crippen molar-refractivity contribution < 1.29 is 0 Å². The van der Waals surface area contributed by atoms with Crippen LogP contribution >= 0.6 is 0 Å². The van der Waals surface area contributed by atoms with Crippen molar-refractivity contribution in [1.29, 1.82) is 0 Å². The normalized spacial score (nSPS) is 13.1. The van der Waals surface area contributed by atoms with E-state index in [-0.39, 0.29) is 5.41 Å². The summed E-state index contributed by atoms with van der Waals surface area (Å²) >= 11 is 0. The molecule has 3 heteroatoms. The summed E-state index contributed by atoms with van der Waals surface area (Å²) in [6, 6.07) is 67.4. The smallest absolute Gasteiger partial charge is 0.164 e. The molecule has 3 nitrogen and oxygen atoms in total. The van der Waals surface area contributed by atoms with E-state index in [1.165, 1.54) is 72.3 Å². The van der Waals surface area contributed by atoms with Crippen molar-refractivity contribution in [3.8, 4) is 89.8 Å². The zero-order valence-corrected chi connectivity index (χ0v) is 32.4. The molecule has 11 rings (SSSR count). The van der Waals surface area contributed by atoms with Crippen molar-refractivity contribution in [2.24, 2.45) is 0 Å². The molecule has 0 unspecified atom stereocenters. The van der Waals surface area contributed by atoms with Crippen molar-refractivity contribution >= 4 is 0 Å². The van der Waals surface area contributed by atoms with E-state index in [2.05, 4.69) is 184 Å². The van der Waals surface area contributed by atoms with Crippen LogP contribution in [-0.2, 0) is 11.8 Å². The lowest BCUT2D eigenvalue weighted by molar-refractivity contribution is 0.660. The highest BCUT2D eigenvalue weighted by atomic mass is 15.0. The van der Waals surface area contributed by atoms with E-state index in [9.17, 15) is 0 Å². The van der Waals surface area contributed by atoms with Gasteiger partial charge in [-0.25, -0.2) is 15.0 Å². The average molecular weight is 742 g/mol. The molecule has 0 N–H and O–H groups in total. The monoisotopic (exact) mass is 741 g/mol. The van der Waals surface area contributed by atoms with Crippen LogP contribution in [0.2, 0.25) is 0 Å². The quantitative estimate of drug-likeness (QED) is 0.170. The first kappa shape index (κ1) is 34.1. The Balaban J connectivity index is 0.974. The SMILES string of the molecule is CC1(C)c2ccccc2-c2ccc(-c3nc(-c4ccccc4)nc(-c4cccc(-c5cccc6c5Cc5c(-c7ccc(-c8ccccc8)cc7)cccc5-6)c4)n3)cc21. The zero-order chi connectivity index (χ0) is 38.8. The van der Waals surface area contributed by atoms with Crippen LogP contribution in [0, 0.1) is 0 Å². The van der Waals surface area contributed by atoms with Crippen LogP contribution in [-0.4, -0.2) is 15.0 Å². The second-order valence-electron chi connectivity index (χ2n) is 16.0. The predicted octanol–water partition coefficient (Wildman–Crippen LogP) is 13.8. The Labute approximate surface area is 339 Å². The summed E-state index contributed by atoms with van der Waals surface area (Å²) < 4.78 is 0. The summed E-state index contributed by atoms with van der Waals surface area (Å²) in [5.74, 6) is 1.99. The number of rotatable bonds is 6. The topological polar surface area (TPSA) is 38.7 Å². The molecule has 2 aliphatic rings. The van der Waals surface area contributed by atoms with E-state index in [4.69, 9.17) is 15.0 Å². The molecule has 0 saturated heterocycles. The van der Waals surface area contributed by atoms with Crippen molar-refractivity contribution in [1.82, 2.24) is 15.0 Å². The molecule has 1 heterocycles. The average Bonchev–Trinajstić information content (AvgIpc) is 3.79. The largest absolute Gasteiger partial charge is 0.208 e. The van der Waals surface area contributed by atoms with E-state index in [0.29, 0.717) is 17.5 Å². The van der Waals surface area contributed by atoms with Crippen LogP contribution in [0.1, 0.15) is 36.1 Å². The highest BCUT2D eigenvalue weighted by molar-refractivity contribution is 5.90. The maximum absolute atomic E-state index is 5.21. The van der Waals surface area contributed by atoms with Gasteiger partial charge in [-0.15, -0.1) is 0 Å². The third-order valence-corrected chi connectivity index (χ3v) is 12.2. The number of hydrogen-bond donors (Lipinski definition) is 0. The van der Waals surface area contributed by atoms with Gasteiger partial charge >= 0.3 is 0 Å². The molecule has 9 aromatic rings. The number of hydrogen-bond acceptors (Lipinski definition) is 3. The van der Waals surface area contributed by atoms with Crippen LogP contribution in [0.5, 0.6) is 0 Å². The van der Waals surface area contributed by atoms with E-state index >= 15 is 0 Å². The number of aromatic nitrogens is 3. The lowest BCUT2D eigenvalue weighted by Crippen LogP contribution is -2.15. The molecule has 0 atom stereocenters. The van der Waals surface area contributed by atoms with E-state index in [1.807, 2.05) is 18.2 Å². The molecule has 0 saturated carbocycles. The van der Waals surface area contributed by atoms with Gasteiger partial charge in [0.2, 0.25) is 0 Å². The Hall–Kier alpha value is -7.23. The van der Waals surface area contributed by atoms with Gasteiger partial charge in [-0.1, -0.05) is 190 Å². The summed E-state index contributed by atoms with van der Waals surface area (Å²) in [4.78, 5) is 15.4. The molecule has 1 aromatic heterocycles. The molecule has 8 aromatic carbocycles. The van der Waals surface area contributed by atoms with Crippen molar-refractivity contribution in [2.45, 2.75) is 25.7 Å². The molecule has 0 aliphatic heterocycles. The Kier molecular flexibility index (Phi) is 7.90. The zero-order valence-electron chi connectivity index (χ0n) is 32.4. The van der Waals surface area contributed by atoms with Gasteiger partial charge in [0.15, 0.2) is 17.5 Å². The summed E-state index contributed by atoms with van der Waals surface area (Å²) in [7, 11) is 0. The summed E-state index contributed by atoms with van der Waals surface area (Å²) in [5.41, 5.74) is 20.7. The van der Waals surface area contributed by atoms with Gasteiger partial charge in [0.05, 0.1) is 0 Å². The van der Waals surface area contributed by atoms with Gasteiger partial charge in [-0.05, 0) is 96.4 Å². The first-order chi connectivity index (χ1) is 28.5. The Morgan fingerprint density at radius 3 is 1.43 bits per heavy atom. The van der Waals surface area contributed by atoms with Gasteiger partial charge in [0, 0.05) is 22.1 Å². The fraction of sp³-hybridized carbons (Fsp3) is 0.0727. The third kappa shape index (κ3) is 5.62. The molecule has 0 bridgehead atoms. The van der Waals surface area contributed by atoms with Crippen molar-refractivity contribution in [2.75, 3.05) is 0 Å². The van der Waals surface area contributed by atoms with Crippen molar-refractivity contribution in [3.05, 3.63) is 210 Å². The number of fused-ring (bicyclic) bond motifs is 6. The maximum Gasteiger partial charge on any atom is 0.164 e. The van der Waals surface area contributed by atoms with Crippen LogP contribution in [0.4, 0.5) is 0 Å². The Bertz CT molecular complexity index is 3040. The lowest BCUT2D eigenvalue weighted by atomic mass is 9.82. The summed E-state index contributed by atoms with van der Waals surface area (Å²) in [6.07, 6.45) is 0.869. The van der Waals surface area contributed by atoms with E-state index < -0.39 is 0 Å². The molecular formula is C55H39N3. The van der Waals surface area contributed by atoms with Crippen LogP contribution in [0.3, 0.4) is 0 Å². The van der Waals surface area contributed by atoms with Gasteiger partial charge < -0.3 is 0 Å². The van der Waals surface area contributed by atoms with Gasteiger partial charge in [-0.2, -0.15) is 0 Å². The van der Waals surface area contributed by atoms with Gasteiger partial charge in [0.25, 0.3) is 0 Å². The molecular weight excluding hydrogens is 703 g/mol. The molecule has 2 aliphatic carbocycles. The standard InChI is InChI=1S/C55H39N3/c1-55(2)50-25-10-9-20-46(50)47-31-30-41(33-51(47)55)54-57-52(38-16-7-4-8-17-38)56-53(58-54)40-19-11-18-39(32-40)43-22-13-24-45-44-23-12-21-42(48(44)34-49(43)45)37-28-26-36(27-29-37)35-14-5-3-6-15-35/h3-33H,34H2,1-2H3. The van der Waals surface area contributed by atoms with E-state index in [1.54, 1.807) is 0 Å². The second-order valence-corrected chi connectivity index (χ2v) is 16.0. The van der Waals surface area contributed by atoms with Crippen LogP contribution < -0.4 is 0 Å². The highest BCUT2D eigenvalue weighted by Gasteiger charge is 2.35. The maximum atomic E-state index is 5.21.